The van der Waals surface area contributed by atoms with E-state index in [0.717, 1.165) is 5.56 Å². The molecule has 0 saturated heterocycles. The number of amides is 1. The lowest BCUT2D eigenvalue weighted by Crippen LogP contribution is -2.43. The van der Waals surface area contributed by atoms with E-state index in [1.807, 2.05) is 49.4 Å². The first-order chi connectivity index (χ1) is 17.5. The zero-order valence-corrected chi connectivity index (χ0v) is 23.4. The largest absolute Gasteiger partial charge is 0.495 e. The Hall–Kier alpha value is -2.22. The molecule has 0 aromatic heterocycles. The molecule has 0 aliphatic heterocycles. The summed E-state index contributed by atoms with van der Waals surface area (Å²) in [6, 6.07) is 13.6. The van der Waals surface area contributed by atoms with Crippen LogP contribution in [0.5, 0.6) is 5.75 Å². The van der Waals surface area contributed by atoms with E-state index in [4.69, 9.17) is 55.9 Å². The van der Waals surface area contributed by atoms with Crippen LogP contribution in [0.2, 0.25) is 5.02 Å². The van der Waals surface area contributed by atoms with Crippen molar-refractivity contribution in [3.63, 3.8) is 0 Å². The van der Waals surface area contributed by atoms with Crippen molar-refractivity contribution in [1.29, 1.82) is 0 Å². The molecular formula is C27H29Cl4NO5. The van der Waals surface area contributed by atoms with Crippen molar-refractivity contribution in [3.8, 4) is 5.75 Å². The topological polar surface area (TPSA) is 84.9 Å². The van der Waals surface area contributed by atoms with Crippen LogP contribution in [0.1, 0.15) is 24.5 Å². The molecule has 1 amide bonds. The van der Waals surface area contributed by atoms with Crippen LogP contribution in [0.25, 0.3) is 6.08 Å². The number of carbonyl (C=O) groups is 2. The van der Waals surface area contributed by atoms with Gasteiger partial charge in [-0.3, -0.25) is 4.79 Å². The zero-order valence-electron chi connectivity index (χ0n) is 20.4. The van der Waals surface area contributed by atoms with Crippen LogP contribution >= 0.6 is 46.4 Å². The van der Waals surface area contributed by atoms with Crippen molar-refractivity contribution in [2.75, 3.05) is 13.7 Å². The smallest absolute Gasteiger partial charge is 0.329 e. The minimum Gasteiger partial charge on any atom is -0.495 e. The summed E-state index contributed by atoms with van der Waals surface area (Å²) < 4.78 is 8.42. The number of esters is 1. The Morgan fingerprint density at radius 3 is 2.46 bits per heavy atom. The number of nitrogens with one attached hydrogen (secondary N) is 1. The van der Waals surface area contributed by atoms with E-state index in [1.54, 1.807) is 24.3 Å². The second-order valence-electron chi connectivity index (χ2n) is 8.29. The average Bonchev–Trinajstić information content (AvgIpc) is 2.85. The second kappa shape index (κ2) is 15.3. The SMILES string of the molecule is COc1ccc(CC(NC(=O)/C=C/CC(O)[C@H](C)/C=C/c2ccccc2)C(=O)OCC(Cl)(Cl)Cl)cc1Cl. The summed E-state index contributed by atoms with van der Waals surface area (Å²) in [5.41, 5.74) is 1.68. The van der Waals surface area contributed by atoms with E-state index in [1.165, 1.54) is 13.2 Å². The van der Waals surface area contributed by atoms with Gasteiger partial charge in [-0.05, 0) is 35.8 Å². The summed E-state index contributed by atoms with van der Waals surface area (Å²) in [6.45, 7) is 1.40. The number of benzene rings is 2. The first kappa shape index (κ1) is 31.0. The highest BCUT2D eigenvalue weighted by Crippen LogP contribution is 2.27. The van der Waals surface area contributed by atoms with Crippen molar-refractivity contribution in [2.45, 2.75) is 35.7 Å². The van der Waals surface area contributed by atoms with Crippen LogP contribution in [0, 0.1) is 5.92 Å². The van der Waals surface area contributed by atoms with Crippen molar-refractivity contribution in [3.05, 3.63) is 82.9 Å². The lowest BCUT2D eigenvalue weighted by Gasteiger charge is -2.19. The Balaban J connectivity index is 2.00. The molecule has 200 valence electrons. The molecule has 0 heterocycles. The molecule has 2 rings (SSSR count). The third-order valence-corrected chi connectivity index (χ3v) is 5.90. The third kappa shape index (κ3) is 11.8. The van der Waals surface area contributed by atoms with E-state index < -0.39 is 34.4 Å². The number of carbonyl (C=O) groups excluding carboxylic acids is 2. The van der Waals surface area contributed by atoms with Gasteiger partial charge in [0.1, 0.15) is 18.4 Å². The van der Waals surface area contributed by atoms with Gasteiger partial charge in [0.15, 0.2) is 0 Å². The summed E-state index contributed by atoms with van der Waals surface area (Å²) in [4.78, 5) is 25.2. The van der Waals surface area contributed by atoms with Gasteiger partial charge in [-0.25, -0.2) is 4.79 Å². The first-order valence-corrected chi connectivity index (χ1v) is 12.9. The molecule has 2 N–H and O–H groups in total. The molecule has 0 aliphatic carbocycles. The number of aliphatic hydroxyl groups is 1. The van der Waals surface area contributed by atoms with Crippen LogP contribution in [0.3, 0.4) is 0 Å². The van der Waals surface area contributed by atoms with Gasteiger partial charge in [0.25, 0.3) is 0 Å². The lowest BCUT2D eigenvalue weighted by molar-refractivity contribution is -0.147. The van der Waals surface area contributed by atoms with Crippen molar-refractivity contribution >= 4 is 64.4 Å². The minimum atomic E-state index is -1.80. The molecule has 0 bridgehead atoms. The first-order valence-electron chi connectivity index (χ1n) is 11.4. The molecular weight excluding hydrogens is 560 g/mol. The summed E-state index contributed by atoms with van der Waals surface area (Å²) in [5, 5.41) is 13.4. The molecule has 0 fully saturated rings. The van der Waals surface area contributed by atoms with E-state index in [2.05, 4.69) is 5.32 Å². The molecule has 0 radical (unpaired) electrons. The highest BCUT2D eigenvalue weighted by molar-refractivity contribution is 6.67. The molecule has 0 spiro atoms. The van der Waals surface area contributed by atoms with Crippen LogP contribution in [-0.2, 0) is 20.7 Å². The highest BCUT2D eigenvalue weighted by atomic mass is 35.6. The molecule has 37 heavy (non-hydrogen) atoms. The van der Waals surface area contributed by atoms with E-state index in [-0.39, 0.29) is 18.8 Å². The van der Waals surface area contributed by atoms with Crippen molar-refractivity contribution in [1.82, 2.24) is 5.32 Å². The molecule has 0 aliphatic rings. The Morgan fingerprint density at radius 1 is 1.14 bits per heavy atom. The molecule has 2 aromatic carbocycles. The maximum Gasteiger partial charge on any atom is 0.329 e. The van der Waals surface area contributed by atoms with Gasteiger partial charge in [-0.15, -0.1) is 0 Å². The minimum absolute atomic E-state index is 0.0753. The molecule has 10 heteroatoms. The Bertz CT molecular complexity index is 1090. The molecule has 0 saturated carbocycles. The summed E-state index contributed by atoms with van der Waals surface area (Å²) >= 11 is 23.2. The van der Waals surface area contributed by atoms with E-state index in [0.29, 0.717) is 16.3 Å². The number of rotatable bonds is 12. The number of aliphatic hydroxyl groups excluding tert-OH is 1. The molecule has 6 nitrogen and oxygen atoms in total. The predicted octanol–water partition coefficient (Wildman–Crippen LogP) is 5.95. The molecule has 2 unspecified atom stereocenters. The maximum atomic E-state index is 12.7. The van der Waals surface area contributed by atoms with Gasteiger partial charge in [0, 0.05) is 12.3 Å². The van der Waals surface area contributed by atoms with Gasteiger partial charge in [0.05, 0.1) is 18.2 Å². The third-order valence-electron chi connectivity index (χ3n) is 5.28. The van der Waals surface area contributed by atoms with Gasteiger partial charge >= 0.3 is 5.97 Å². The standard InChI is InChI=1S/C27H29Cl4NO5/c1-18(11-12-19-7-4-3-5-8-19)23(33)9-6-10-25(34)32-22(26(35)37-17-27(29,30)31)16-20-13-14-24(36-2)21(28)15-20/h3-8,10-15,18,22-23,33H,9,16-17H2,1-2H3,(H,32,34)/b10-6+,12-11+/t18-,22?,23?/m1/s1. The van der Waals surface area contributed by atoms with Gasteiger partial charge in [0.2, 0.25) is 9.70 Å². The van der Waals surface area contributed by atoms with E-state index >= 15 is 0 Å². The number of hydrogen-bond acceptors (Lipinski definition) is 5. The van der Waals surface area contributed by atoms with Crippen molar-refractivity contribution < 1.29 is 24.2 Å². The Labute approximate surface area is 237 Å². The maximum absolute atomic E-state index is 12.7. The summed E-state index contributed by atoms with van der Waals surface area (Å²) in [5.74, 6) is -0.994. The van der Waals surface area contributed by atoms with Crippen LogP contribution in [-0.4, -0.2) is 46.6 Å². The van der Waals surface area contributed by atoms with Crippen LogP contribution < -0.4 is 10.1 Å². The highest BCUT2D eigenvalue weighted by Gasteiger charge is 2.27. The number of halogens is 4. The van der Waals surface area contributed by atoms with E-state index in [9.17, 15) is 14.7 Å². The normalized spacial score (nSPS) is 14.4. The second-order valence-corrected chi connectivity index (χ2v) is 11.2. The van der Waals surface area contributed by atoms with Crippen molar-refractivity contribution in [2.24, 2.45) is 5.92 Å². The lowest BCUT2D eigenvalue weighted by atomic mass is 10.00. The molecule has 3 atom stereocenters. The fourth-order valence-corrected chi connectivity index (χ4v) is 3.67. The number of alkyl halides is 3. The van der Waals surface area contributed by atoms with Crippen LogP contribution in [0.4, 0.5) is 0 Å². The van der Waals surface area contributed by atoms with Gasteiger partial charge in [-0.2, -0.15) is 0 Å². The van der Waals surface area contributed by atoms with Crippen LogP contribution in [0.15, 0.2) is 66.8 Å². The quantitative estimate of drug-likeness (QED) is 0.182. The Morgan fingerprint density at radius 2 is 1.84 bits per heavy atom. The fraction of sp³-hybridized carbons (Fsp3) is 0.333. The summed E-state index contributed by atoms with van der Waals surface area (Å²) in [7, 11) is 1.49. The monoisotopic (exact) mass is 587 g/mol. The predicted molar refractivity (Wildman–Crippen MR) is 149 cm³/mol. The Kier molecular flexibility index (Phi) is 12.8. The average molecular weight is 589 g/mol. The number of ether oxygens (including phenoxy) is 2. The number of hydrogen-bond donors (Lipinski definition) is 2. The van der Waals surface area contributed by atoms with Gasteiger partial charge in [-0.1, -0.05) is 108 Å². The van der Waals surface area contributed by atoms with Gasteiger partial charge < -0.3 is 19.9 Å². The summed E-state index contributed by atoms with van der Waals surface area (Å²) in [6.07, 6.45) is 6.26. The zero-order chi connectivity index (χ0) is 27.4. The number of methoxy groups -OCH3 is 1. The molecule has 2 aromatic rings. The fourth-order valence-electron chi connectivity index (χ4n) is 3.22.